The Balaban J connectivity index is 2.15. The minimum Gasteiger partial charge on any atom is -0.340 e. The summed E-state index contributed by atoms with van der Waals surface area (Å²) in [4.78, 5) is 3.91. The fourth-order valence-electron chi connectivity index (χ4n) is 1.13. The number of anilines is 2. The number of pyridine rings is 1. The molecular weight excluding hydrogens is 306 g/mol. The molecule has 0 fully saturated rings. The normalized spacial score (nSPS) is 10.0. The molecule has 0 spiro atoms. The molecule has 4 heteroatoms. The molecule has 0 bridgehead atoms. The zero-order chi connectivity index (χ0) is 10.7. The second-order valence-electron chi connectivity index (χ2n) is 2.99. The predicted octanol–water partition coefficient (Wildman–Crippen LogP) is 3.57. The van der Waals surface area contributed by atoms with Crippen molar-refractivity contribution in [3.05, 3.63) is 52.0 Å². The molecule has 0 aliphatic rings. The smallest absolute Gasteiger partial charge is 0.141 e. The van der Waals surface area contributed by atoms with Gasteiger partial charge < -0.3 is 5.32 Å². The van der Waals surface area contributed by atoms with Crippen LogP contribution in [0.5, 0.6) is 0 Å². The predicted molar refractivity (Wildman–Crippen MR) is 66.6 cm³/mol. The minimum absolute atomic E-state index is 0.330. The van der Waals surface area contributed by atoms with Crippen molar-refractivity contribution in [3.63, 3.8) is 0 Å². The van der Waals surface area contributed by atoms with Crippen LogP contribution >= 0.6 is 22.6 Å². The number of hydrogen-bond donors (Lipinski definition) is 1. The van der Waals surface area contributed by atoms with Gasteiger partial charge in [-0.25, -0.2) is 9.37 Å². The van der Waals surface area contributed by atoms with E-state index < -0.39 is 0 Å². The molecular formula is C11H8FIN2. The van der Waals surface area contributed by atoms with E-state index >= 15 is 0 Å². The van der Waals surface area contributed by atoms with E-state index in [4.69, 9.17) is 0 Å². The first-order valence-electron chi connectivity index (χ1n) is 4.38. The molecule has 2 aromatic rings. The van der Waals surface area contributed by atoms with Gasteiger partial charge in [-0.3, -0.25) is 0 Å². The largest absolute Gasteiger partial charge is 0.340 e. The molecule has 0 amide bonds. The van der Waals surface area contributed by atoms with Crippen molar-refractivity contribution in [3.8, 4) is 0 Å². The molecule has 1 heterocycles. The number of rotatable bonds is 2. The van der Waals surface area contributed by atoms with Crippen LogP contribution in [-0.2, 0) is 0 Å². The molecule has 0 atom stereocenters. The van der Waals surface area contributed by atoms with Gasteiger partial charge in [0.1, 0.15) is 11.6 Å². The monoisotopic (exact) mass is 314 g/mol. The standard InChI is InChI=1S/C11H8FIN2/c12-8-1-6-11(14-7-8)15-10-4-2-9(13)3-5-10/h1-7H,(H,14,15). The van der Waals surface area contributed by atoms with E-state index in [1.165, 1.54) is 15.8 Å². The lowest BCUT2D eigenvalue weighted by Gasteiger charge is -2.04. The number of aromatic nitrogens is 1. The van der Waals surface area contributed by atoms with Gasteiger partial charge in [0.2, 0.25) is 0 Å². The van der Waals surface area contributed by atoms with Crippen LogP contribution in [0, 0.1) is 9.39 Å². The molecule has 0 aliphatic heterocycles. The van der Waals surface area contributed by atoms with Crippen LogP contribution in [0.25, 0.3) is 0 Å². The van der Waals surface area contributed by atoms with Crippen LogP contribution in [0.3, 0.4) is 0 Å². The van der Waals surface area contributed by atoms with E-state index in [1.807, 2.05) is 24.3 Å². The summed E-state index contributed by atoms with van der Waals surface area (Å²) in [6.07, 6.45) is 1.19. The van der Waals surface area contributed by atoms with Crippen molar-refractivity contribution in [2.45, 2.75) is 0 Å². The van der Waals surface area contributed by atoms with Crippen LogP contribution in [-0.4, -0.2) is 4.98 Å². The summed E-state index contributed by atoms with van der Waals surface area (Å²) < 4.78 is 13.8. The van der Waals surface area contributed by atoms with E-state index in [0.29, 0.717) is 5.82 Å². The summed E-state index contributed by atoms with van der Waals surface area (Å²) >= 11 is 2.24. The Labute approximate surface area is 101 Å². The van der Waals surface area contributed by atoms with Gasteiger partial charge in [0, 0.05) is 9.26 Å². The summed E-state index contributed by atoms with van der Waals surface area (Å²) in [6.45, 7) is 0. The average molecular weight is 314 g/mol. The maximum Gasteiger partial charge on any atom is 0.141 e. The fraction of sp³-hybridized carbons (Fsp3) is 0. The molecule has 15 heavy (non-hydrogen) atoms. The van der Waals surface area contributed by atoms with Crippen LogP contribution in [0.1, 0.15) is 0 Å². The highest BCUT2D eigenvalue weighted by atomic mass is 127. The Hall–Kier alpha value is -1.17. The first-order valence-corrected chi connectivity index (χ1v) is 5.46. The molecule has 1 aromatic carbocycles. The topological polar surface area (TPSA) is 24.9 Å². The van der Waals surface area contributed by atoms with E-state index in [0.717, 1.165) is 5.69 Å². The maximum absolute atomic E-state index is 12.6. The summed E-state index contributed by atoms with van der Waals surface area (Å²) in [5.41, 5.74) is 0.939. The second-order valence-corrected chi connectivity index (χ2v) is 4.24. The van der Waals surface area contributed by atoms with E-state index in [-0.39, 0.29) is 5.82 Å². The Morgan fingerprint density at radius 3 is 2.40 bits per heavy atom. The van der Waals surface area contributed by atoms with Crippen molar-refractivity contribution in [2.24, 2.45) is 0 Å². The van der Waals surface area contributed by atoms with Crippen LogP contribution in [0.15, 0.2) is 42.6 Å². The quantitative estimate of drug-likeness (QED) is 0.857. The number of halogens is 2. The van der Waals surface area contributed by atoms with Crippen molar-refractivity contribution < 1.29 is 4.39 Å². The summed E-state index contributed by atoms with van der Waals surface area (Å²) in [6, 6.07) is 10.9. The average Bonchev–Trinajstić information content (AvgIpc) is 2.25. The Morgan fingerprint density at radius 1 is 1.07 bits per heavy atom. The van der Waals surface area contributed by atoms with Gasteiger partial charge in [0.05, 0.1) is 6.20 Å². The molecule has 2 nitrogen and oxygen atoms in total. The van der Waals surface area contributed by atoms with Crippen LogP contribution in [0.4, 0.5) is 15.9 Å². The Kier molecular flexibility index (Phi) is 3.15. The SMILES string of the molecule is Fc1ccc(Nc2ccc(I)cc2)nc1. The summed E-state index contributed by atoms with van der Waals surface area (Å²) in [5.74, 6) is 0.306. The van der Waals surface area contributed by atoms with Gasteiger partial charge in [-0.05, 0) is 59.0 Å². The highest BCUT2D eigenvalue weighted by Gasteiger charge is 1.96. The van der Waals surface area contributed by atoms with Crippen LogP contribution in [0.2, 0.25) is 0 Å². The third-order valence-electron chi connectivity index (χ3n) is 1.84. The van der Waals surface area contributed by atoms with Gasteiger partial charge in [0.15, 0.2) is 0 Å². The Bertz CT molecular complexity index is 396. The van der Waals surface area contributed by atoms with Gasteiger partial charge in [-0.2, -0.15) is 0 Å². The van der Waals surface area contributed by atoms with Crippen molar-refractivity contribution in [1.82, 2.24) is 4.98 Å². The second kappa shape index (κ2) is 4.57. The summed E-state index contributed by atoms with van der Waals surface area (Å²) in [7, 11) is 0. The molecule has 0 saturated carbocycles. The zero-order valence-corrected chi connectivity index (χ0v) is 9.90. The van der Waals surface area contributed by atoms with Gasteiger partial charge in [-0.15, -0.1) is 0 Å². The van der Waals surface area contributed by atoms with E-state index in [2.05, 4.69) is 32.9 Å². The van der Waals surface area contributed by atoms with Gasteiger partial charge >= 0.3 is 0 Å². The van der Waals surface area contributed by atoms with E-state index in [1.54, 1.807) is 6.07 Å². The van der Waals surface area contributed by atoms with Gasteiger partial charge in [-0.1, -0.05) is 0 Å². The molecule has 2 rings (SSSR count). The molecule has 0 saturated heterocycles. The molecule has 0 aliphatic carbocycles. The van der Waals surface area contributed by atoms with Crippen molar-refractivity contribution in [2.75, 3.05) is 5.32 Å². The fourth-order valence-corrected chi connectivity index (χ4v) is 1.49. The third kappa shape index (κ3) is 2.89. The van der Waals surface area contributed by atoms with Gasteiger partial charge in [0.25, 0.3) is 0 Å². The Morgan fingerprint density at radius 2 is 1.80 bits per heavy atom. The summed E-state index contributed by atoms with van der Waals surface area (Å²) in [5, 5.41) is 3.08. The lowest BCUT2D eigenvalue weighted by atomic mass is 10.3. The maximum atomic E-state index is 12.6. The number of nitrogens with one attached hydrogen (secondary N) is 1. The first-order chi connectivity index (χ1) is 7.24. The molecule has 1 N–H and O–H groups in total. The van der Waals surface area contributed by atoms with Crippen LogP contribution < -0.4 is 5.32 Å². The highest BCUT2D eigenvalue weighted by molar-refractivity contribution is 14.1. The lowest BCUT2D eigenvalue weighted by molar-refractivity contribution is 0.622. The molecule has 0 radical (unpaired) electrons. The van der Waals surface area contributed by atoms with Crippen molar-refractivity contribution >= 4 is 34.1 Å². The first kappa shape index (κ1) is 10.4. The number of benzene rings is 1. The van der Waals surface area contributed by atoms with E-state index in [9.17, 15) is 4.39 Å². The highest BCUT2D eigenvalue weighted by Crippen LogP contribution is 2.15. The zero-order valence-electron chi connectivity index (χ0n) is 7.74. The minimum atomic E-state index is -0.330. The third-order valence-corrected chi connectivity index (χ3v) is 2.56. The molecule has 76 valence electrons. The molecule has 1 aromatic heterocycles. The number of nitrogens with zero attached hydrogens (tertiary/aromatic N) is 1. The lowest BCUT2D eigenvalue weighted by Crippen LogP contribution is -1.93. The molecule has 0 unspecified atom stereocenters. The van der Waals surface area contributed by atoms with Crippen molar-refractivity contribution in [1.29, 1.82) is 0 Å². The number of hydrogen-bond acceptors (Lipinski definition) is 2.